The third-order valence-electron chi connectivity index (χ3n) is 4.40. The second-order valence-electron chi connectivity index (χ2n) is 6.19. The second kappa shape index (κ2) is 9.49. The second-order valence-corrected chi connectivity index (χ2v) is 6.19. The van der Waals surface area contributed by atoms with E-state index in [1.807, 2.05) is 6.07 Å². The number of nitrogens with zero attached hydrogens (tertiary/aromatic N) is 2. The Kier molecular flexibility index (Phi) is 7.34. The van der Waals surface area contributed by atoms with E-state index in [4.69, 9.17) is 14.6 Å². The SMILES string of the molecule is COc1cc(CN2CCN(CCCCC(=O)O)CC2)cc(OC)c1. The van der Waals surface area contributed by atoms with E-state index >= 15 is 0 Å². The number of aliphatic carboxylic acids is 1. The lowest BCUT2D eigenvalue weighted by molar-refractivity contribution is -0.137. The minimum atomic E-state index is -0.700. The Labute approximate surface area is 144 Å². The van der Waals surface area contributed by atoms with Gasteiger partial charge in [-0.25, -0.2) is 0 Å². The Morgan fingerprint density at radius 1 is 1.00 bits per heavy atom. The zero-order valence-electron chi connectivity index (χ0n) is 14.7. The molecule has 0 saturated carbocycles. The molecule has 1 fully saturated rings. The zero-order valence-corrected chi connectivity index (χ0v) is 14.7. The van der Waals surface area contributed by atoms with Crippen LogP contribution >= 0.6 is 0 Å². The summed E-state index contributed by atoms with van der Waals surface area (Å²) in [7, 11) is 3.34. The number of hydrogen-bond donors (Lipinski definition) is 1. The van der Waals surface area contributed by atoms with Crippen molar-refractivity contribution in [1.29, 1.82) is 0 Å². The van der Waals surface area contributed by atoms with Crippen LogP contribution < -0.4 is 9.47 Å². The summed E-state index contributed by atoms with van der Waals surface area (Å²) in [5.74, 6) is 0.941. The predicted molar refractivity (Wildman–Crippen MR) is 92.7 cm³/mol. The average Bonchev–Trinajstić information content (AvgIpc) is 2.59. The van der Waals surface area contributed by atoms with E-state index in [1.165, 1.54) is 5.56 Å². The number of benzene rings is 1. The summed E-state index contributed by atoms with van der Waals surface area (Å²) in [5.41, 5.74) is 1.20. The van der Waals surface area contributed by atoms with Crippen LogP contribution in [0.4, 0.5) is 0 Å². The van der Waals surface area contributed by atoms with Crippen molar-refractivity contribution in [3.63, 3.8) is 0 Å². The number of ether oxygens (including phenoxy) is 2. The van der Waals surface area contributed by atoms with Crippen LogP contribution in [0.3, 0.4) is 0 Å². The molecule has 6 heteroatoms. The molecule has 0 unspecified atom stereocenters. The van der Waals surface area contributed by atoms with Gasteiger partial charge in [-0.1, -0.05) is 0 Å². The summed E-state index contributed by atoms with van der Waals surface area (Å²) in [4.78, 5) is 15.4. The molecule has 1 aliphatic heterocycles. The van der Waals surface area contributed by atoms with Gasteiger partial charge >= 0.3 is 5.97 Å². The van der Waals surface area contributed by atoms with E-state index in [-0.39, 0.29) is 6.42 Å². The Bertz CT molecular complexity index is 506. The molecule has 0 bridgehead atoms. The van der Waals surface area contributed by atoms with Gasteiger partial charge in [0, 0.05) is 45.2 Å². The van der Waals surface area contributed by atoms with Crippen molar-refractivity contribution in [2.45, 2.75) is 25.8 Å². The Morgan fingerprint density at radius 2 is 1.58 bits per heavy atom. The van der Waals surface area contributed by atoms with Gasteiger partial charge < -0.3 is 19.5 Å². The van der Waals surface area contributed by atoms with Crippen LogP contribution in [-0.2, 0) is 11.3 Å². The molecule has 1 saturated heterocycles. The van der Waals surface area contributed by atoms with Gasteiger partial charge in [-0.15, -0.1) is 0 Å². The number of carboxylic acid groups (broad SMARTS) is 1. The smallest absolute Gasteiger partial charge is 0.303 e. The monoisotopic (exact) mass is 336 g/mol. The summed E-state index contributed by atoms with van der Waals surface area (Å²) < 4.78 is 10.7. The van der Waals surface area contributed by atoms with Crippen molar-refractivity contribution in [1.82, 2.24) is 9.80 Å². The van der Waals surface area contributed by atoms with Crippen LogP contribution in [0.15, 0.2) is 18.2 Å². The first-order valence-electron chi connectivity index (χ1n) is 8.49. The van der Waals surface area contributed by atoms with Gasteiger partial charge in [-0.05, 0) is 37.1 Å². The Balaban J connectivity index is 1.75. The van der Waals surface area contributed by atoms with Gasteiger partial charge in [0.25, 0.3) is 0 Å². The molecule has 24 heavy (non-hydrogen) atoms. The lowest BCUT2D eigenvalue weighted by atomic mass is 10.1. The van der Waals surface area contributed by atoms with Crippen molar-refractivity contribution < 1.29 is 19.4 Å². The quantitative estimate of drug-likeness (QED) is 0.697. The molecule has 0 spiro atoms. The molecule has 2 rings (SSSR count). The molecule has 134 valence electrons. The van der Waals surface area contributed by atoms with Crippen molar-refractivity contribution in [2.24, 2.45) is 0 Å². The molecule has 0 aliphatic carbocycles. The van der Waals surface area contributed by atoms with Crippen LogP contribution in [0.25, 0.3) is 0 Å². The molecule has 1 aromatic rings. The maximum atomic E-state index is 10.5. The van der Waals surface area contributed by atoms with Gasteiger partial charge in [0.05, 0.1) is 14.2 Å². The standard InChI is InChI=1S/C18H28N2O4/c1-23-16-11-15(12-17(13-16)24-2)14-20-9-7-19(8-10-20)6-4-3-5-18(21)22/h11-13H,3-10,14H2,1-2H3,(H,21,22). The highest BCUT2D eigenvalue weighted by atomic mass is 16.5. The minimum absolute atomic E-state index is 0.275. The van der Waals surface area contributed by atoms with Crippen molar-refractivity contribution in [3.05, 3.63) is 23.8 Å². The summed E-state index contributed by atoms with van der Waals surface area (Å²) in [6.45, 7) is 6.01. The van der Waals surface area contributed by atoms with E-state index in [0.29, 0.717) is 0 Å². The van der Waals surface area contributed by atoms with Gasteiger partial charge in [-0.2, -0.15) is 0 Å². The molecular weight excluding hydrogens is 308 g/mol. The third kappa shape index (κ3) is 6.02. The first-order valence-corrected chi connectivity index (χ1v) is 8.49. The van der Waals surface area contributed by atoms with Crippen LogP contribution in [-0.4, -0.2) is 67.8 Å². The van der Waals surface area contributed by atoms with Gasteiger partial charge in [0.2, 0.25) is 0 Å². The molecule has 0 aromatic heterocycles. The first-order chi connectivity index (χ1) is 11.6. The Hall–Kier alpha value is -1.79. The number of carboxylic acids is 1. The largest absolute Gasteiger partial charge is 0.497 e. The van der Waals surface area contributed by atoms with Crippen LogP contribution in [0.2, 0.25) is 0 Å². The summed E-state index contributed by atoms with van der Waals surface area (Å²) in [5, 5.41) is 8.66. The zero-order chi connectivity index (χ0) is 17.4. The highest BCUT2D eigenvalue weighted by molar-refractivity contribution is 5.66. The molecular formula is C18H28N2O4. The van der Waals surface area contributed by atoms with Gasteiger partial charge in [0.1, 0.15) is 11.5 Å². The fraction of sp³-hybridized carbons (Fsp3) is 0.611. The van der Waals surface area contributed by atoms with Gasteiger partial charge in [0.15, 0.2) is 0 Å². The third-order valence-corrected chi connectivity index (χ3v) is 4.40. The molecule has 1 aromatic carbocycles. The molecule has 0 radical (unpaired) electrons. The van der Waals surface area contributed by atoms with E-state index < -0.39 is 5.97 Å². The number of piperazine rings is 1. The summed E-state index contributed by atoms with van der Waals surface area (Å²) in [6.07, 6.45) is 2.00. The topological polar surface area (TPSA) is 62.2 Å². The first kappa shape index (κ1) is 18.5. The summed E-state index contributed by atoms with van der Waals surface area (Å²) >= 11 is 0. The number of rotatable bonds is 9. The number of methoxy groups -OCH3 is 2. The fourth-order valence-corrected chi connectivity index (χ4v) is 3.00. The van der Waals surface area contributed by atoms with Crippen LogP contribution in [0.1, 0.15) is 24.8 Å². The number of carbonyl (C=O) groups is 1. The maximum Gasteiger partial charge on any atom is 0.303 e. The highest BCUT2D eigenvalue weighted by Crippen LogP contribution is 2.23. The Morgan fingerprint density at radius 3 is 2.12 bits per heavy atom. The van der Waals surface area contributed by atoms with Crippen LogP contribution in [0, 0.1) is 0 Å². The summed E-state index contributed by atoms with van der Waals surface area (Å²) in [6, 6.07) is 6.00. The van der Waals surface area contributed by atoms with Gasteiger partial charge in [-0.3, -0.25) is 9.69 Å². The van der Waals surface area contributed by atoms with Crippen molar-refractivity contribution in [3.8, 4) is 11.5 Å². The highest BCUT2D eigenvalue weighted by Gasteiger charge is 2.17. The normalized spacial score (nSPS) is 16.1. The van der Waals surface area contributed by atoms with E-state index in [2.05, 4.69) is 21.9 Å². The van der Waals surface area contributed by atoms with Crippen molar-refractivity contribution in [2.75, 3.05) is 46.9 Å². The molecule has 0 atom stereocenters. The predicted octanol–water partition coefficient (Wildman–Crippen LogP) is 2.08. The van der Waals surface area contributed by atoms with Crippen molar-refractivity contribution >= 4 is 5.97 Å². The minimum Gasteiger partial charge on any atom is -0.497 e. The van der Waals surface area contributed by atoms with E-state index in [9.17, 15) is 4.79 Å². The lowest BCUT2D eigenvalue weighted by Gasteiger charge is -2.34. The van der Waals surface area contributed by atoms with E-state index in [0.717, 1.165) is 63.6 Å². The lowest BCUT2D eigenvalue weighted by Crippen LogP contribution is -2.46. The van der Waals surface area contributed by atoms with E-state index in [1.54, 1.807) is 14.2 Å². The molecule has 1 aliphatic rings. The molecule has 1 N–H and O–H groups in total. The number of hydrogen-bond acceptors (Lipinski definition) is 5. The number of unbranched alkanes of at least 4 members (excludes halogenated alkanes) is 1. The maximum absolute atomic E-state index is 10.5. The molecule has 6 nitrogen and oxygen atoms in total. The molecule has 0 amide bonds. The van der Waals surface area contributed by atoms with Crippen LogP contribution in [0.5, 0.6) is 11.5 Å². The molecule has 1 heterocycles. The average molecular weight is 336 g/mol. The fourth-order valence-electron chi connectivity index (χ4n) is 3.00.